The molecule has 0 radical (unpaired) electrons. The van der Waals surface area contributed by atoms with E-state index in [2.05, 4.69) is 36.7 Å². The summed E-state index contributed by atoms with van der Waals surface area (Å²) in [7, 11) is 0. The Kier molecular flexibility index (Phi) is 2.79. The molecule has 0 saturated heterocycles. The van der Waals surface area contributed by atoms with Gasteiger partial charge < -0.3 is 0 Å². The Morgan fingerprint density at radius 3 is 2.55 bits per heavy atom. The van der Waals surface area contributed by atoms with Gasteiger partial charge in [-0.25, -0.2) is 0 Å². The number of halogens is 1. The monoisotopic (exact) mass is 216 g/mol. The van der Waals surface area contributed by atoms with E-state index in [1.807, 2.05) is 0 Å². The first kappa shape index (κ1) is 9.31. The molecule has 0 fully saturated rings. The zero-order chi connectivity index (χ0) is 8.48. The summed E-state index contributed by atoms with van der Waals surface area (Å²) < 4.78 is 0. The molecule has 0 N–H and O–H groups in total. The lowest BCUT2D eigenvalue weighted by Gasteiger charge is -2.31. The van der Waals surface area contributed by atoms with Gasteiger partial charge in [0, 0.05) is 5.33 Å². The summed E-state index contributed by atoms with van der Waals surface area (Å²) in [5.41, 5.74) is 3.79. The van der Waals surface area contributed by atoms with Crippen LogP contribution < -0.4 is 0 Å². The van der Waals surface area contributed by atoms with Crippen LogP contribution in [0.2, 0.25) is 0 Å². The maximum Gasteiger partial charge on any atom is 0.0244 e. The molecule has 0 unspecified atom stereocenters. The molecule has 1 aliphatic carbocycles. The van der Waals surface area contributed by atoms with Gasteiger partial charge in [0.1, 0.15) is 0 Å². The van der Waals surface area contributed by atoms with Crippen molar-refractivity contribution in [2.24, 2.45) is 5.41 Å². The summed E-state index contributed by atoms with van der Waals surface area (Å²) in [6, 6.07) is 0. The predicted octanol–water partition coefficient (Wildman–Crippen LogP) is 3.91. The third-order valence-corrected chi connectivity index (χ3v) is 3.29. The highest BCUT2D eigenvalue weighted by Gasteiger charge is 2.24. The maximum absolute atomic E-state index is 3.53. The normalized spacial score (nSPS) is 24.0. The van der Waals surface area contributed by atoms with E-state index < -0.39 is 0 Å². The second-order valence-corrected chi connectivity index (χ2v) is 4.92. The van der Waals surface area contributed by atoms with Crippen molar-refractivity contribution in [1.82, 2.24) is 0 Å². The fourth-order valence-corrected chi connectivity index (χ4v) is 2.57. The molecule has 0 heterocycles. The van der Waals surface area contributed by atoms with Gasteiger partial charge in [-0.05, 0) is 31.6 Å². The van der Waals surface area contributed by atoms with Crippen LogP contribution in [0.1, 0.15) is 40.0 Å². The SMILES string of the molecule is CC1=C(CBr)CCC(C)(C)C1. The quantitative estimate of drug-likeness (QED) is 0.461. The van der Waals surface area contributed by atoms with E-state index in [-0.39, 0.29) is 0 Å². The van der Waals surface area contributed by atoms with Gasteiger partial charge in [-0.15, -0.1) is 0 Å². The topological polar surface area (TPSA) is 0 Å². The Labute approximate surface area is 78.2 Å². The molecule has 0 nitrogen and oxygen atoms in total. The molecule has 0 atom stereocenters. The van der Waals surface area contributed by atoms with Crippen LogP contribution >= 0.6 is 15.9 Å². The summed E-state index contributed by atoms with van der Waals surface area (Å²) in [5.74, 6) is 0. The van der Waals surface area contributed by atoms with Crippen LogP contribution in [-0.2, 0) is 0 Å². The average molecular weight is 217 g/mol. The lowest BCUT2D eigenvalue weighted by atomic mass is 9.75. The summed E-state index contributed by atoms with van der Waals surface area (Å²) in [6.07, 6.45) is 3.93. The molecule has 11 heavy (non-hydrogen) atoms. The number of rotatable bonds is 1. The van der Waals surface area contributed by atoms with Crippen LogP contribution in [0.15, 0.2) is 11.1 Å². The summed E-state index contributed by atoms with van der Waals surface area (Å²) in [5, 5.41) is 1.08. The van der Waals surface area contributed by atoms with Crippen molar-refractivity contribution in [1.29, 1.82) is 0 Å². The minimum Gasteiger partial charge on any atom is -0.0880 e. The lowest BCUT2D eigenvalue weighted by molar-refractivity contribution is 0.314. The first-order valence-electron chi connectivity index (χ1n) is 4.29. The van der Waals surface area contributed by atoms with Crippen molar-refractivity contribution < 1.29 is 0 Å². The van der Waals surface area contributed by atoms with Crippen LogP contribution in [-0.4, -0.2) is 5.33 Å². The second kappa shape index (κ2) is 3.30. The predicted molar refractivity (Wildman–Crippen MR) is 54.1 cm³/mol. The van der Waals surface area contributed by atoms with E-state index in [9.17, 15) is 0 Å². The zero-order valence-corrected chi connectivity index (χ0v) is 9.29. The summed E-state index contributed by atoms with van der Waals surface area (Å²) in [6.45, 7) is 7.00. The van der Waals surface area contributed by atoms with Crippen LogP contribution in [0.5, 0.6) is 0 Å². The highest BCUT2D eigenvalue weighted by atomic mass is 79.9. The van der Waals surface area contributed by atoms with Crippen LogP contribution in [0.25, 0.3) is 0 Å². The molecule has 0 spiro atoms. The second-order valence-electron chi connectivity index (χ2n) is 4.36. The molecule has 1 heteroatoms. The highest BCUT2D eigenvalue weighted by molar-refractivity contribution is 9.09. The van der Waals surface area contributed by atoms with E-state index >= 15 is 0 Å². The molecular formula is C10H17Br. The van der Waals surface area contributed by atoms with E-state index in [1.165, 1.54) is 19.3 Å². The Morgan fingerprint density at radius 1 is 1.45 bits per heavy atom. The smallest absolute Gasteiger partial charge is 0.0244 e. The molecule has 0 aromatic heterocycles. The molecule has 1 aliphatic rings. The number of hydrogen-bond acceptors (Lipinski definition) is 0. The third kappa shape index (κ3) is 2.33. The molecule has 64 valence electrons. The summed E-state index contributed by atoms with van der Waals surface area (Å²) >= 11 is 3.53. The number of alkyl halides is 1. The van der Waals surface area contributed by atoms with Crippen molar-refractivity contribution in [3.05, 3.63) is 11.1 Å². The standard InChI is InChI=1S/C10H17Br/c1-8-6-10(2,3)5-4-9(8)7-11/h4-7H2,1-3H3. The Bertz CT molecular complexity index is 177. The molecule has 0 saturated carbocycles. The molecule has 0 aromatic rings. The molecule has 0 aromatic carbocycles. The Balaban J connectivity index is 2.71. The van der Waals surface area contributed by atoms with Crippen molar-refractivity contribution in [2.75, 3.05) is 5.33 Å². The average Bonchev–Trinajstić information content (AvgIpc) is 1.86. The Morgan fingerprint density at radius 2 is 2.09 bits per heavy atom. The van der Waals surface area contributed by atoms with Gasteiger partial charge >= 0.3 is 0 Å². The van der Waals surface area contributed by atoms with Gasteiger partial charge in [0.15, 0.2) is 0 Å². The fraction of sp³-hybridized carbons (Fsp3) is 0.800. The van der Waals surface area contributed by atoms with Gasteiger partial charge in [0.05, 0.1) is 0 Å². The van der Waals surface area contributed by atoms with E-state index in [0.29, 0.717) is 5.41 Å². The largest absolute Gasteiger partial charge is 0.0880 e. The zero-order valence-electron chi connectivity index (χ0n) is 7.71. The van der Waals surface area contributed by atoms with E-state index in [0.717, 1.165) is 5.33 Å². The van der Waals surface area contributed by atoms with Crippen molar-refractivity contribution in [3.8, 4) is 0 Å². The molecule has 0 amide bonds. The van der Waals surface area contributed by atoms with Crippen LogP contribution in [0.4, 0.5) is 0 Å². The summed E-state index contributed by atoms with van der Waals surface area (Å²) in [4.78, 5) is 0. The number of allylic oxidation sites excluding steroid dienone is 2. The van der Waals surface area contributed by atoms with Crippen molar-refractivity contribution in [2.45, 2.75) is 40.0 Å². The third-order valence-electron chi connectivity index (χ3n) is 2.61. The van der Waals surface area contributed by atoms with Gasteiger partial charge in [-0.2, -0.15) is 0 Å². The van der Waals surface area contributed by atoms with Gasteiger partial charge in [-0.1, -0.05) is 40.9 Å². The number of hydrogen-bond donors (Lipinski definition) is 0. The molecule has 0 bridgehead atoms. The first-order valence-corrected chi connectivity index (χ1v) is 5.41. The fourth-order valence-electron chi connectivity index (χ4n) is 1.81. The van der Waals surface area contributed by atoms with Crippen molar-refractivity contribution in [3.63, 3.8) is 0 Å². The van der Waals surface area contributed by atoms with E-state index in [4.69, 9.17) is 0 Å². The lowest BCUT2D eigenvalue weighted by Crippen LogP contribution is -2.17. The van der Waals surface area contributed by atoms with Gasteiger partial charge in [-0.3, -0.25) is 0 Å². The highest BCUT2D eigenvalue weighted by Crippen LogP contribution is 2.38. The van der Waals surface area contributed by atoms with Crippen molar-refractivity contribution >= 4 is 15.9 Å². The van der Waals surface area contributed by atoms with E-state index in [1.54, 1.807) is 11.1 Å². The first-order chi connectivity index (χ1) is 5.05. The van der Waals surface area contributed by atoms with Crippen LogP contribution in [0, 0.1) is 5.41 Å². The molecule has 0 aliphatic heterocycles. The van der Waals surface area contributed by atoms with Gasteiger partial charge in [0.25, 0.3) is 0 Å². The van der Waals surface area contributed by atoms with Gasteiger partial charge in [0.2, 0.25) is 0 Å². The maximum atomic E-state index is 3.53. The minimum absolute atomic E-state index is 0.551. The Hall–Kier alpha value is 0.220. The minimum atomic E-state index is 0.551. The molecular weight excluding hydrogens is 200 g/mol. The molecule has 1 rings (SSSR count). The van der Waals surface area contributed by atoms with Crippen LogP contribution in [0.3, 0.4) is 0 Å².